The Hall–Kier alpha value is -2.47. The van der Waals surface area contributed by atoms with E-state index in [9.17, 15) is 9.59 Å². The van der Waals surface area contributed by atoms with Crippen molar-refractivity contribution in [2.75, 3.05) is 26.2 Å². The van der Waals surface area contributed by atoms with Gasteiger partial charge in [0.15, 0.2) is 0 Å². The first kappa shape index (κ1) is 14.1. The number of fused-ring (bicyclic) bond motifs is 2. The maximum atomic E-state index is 12.0. The molecule has 4 rings (SSSR count). The number of aromatic nitrogens is 1. The Bertz CT molecular complexity index is 771. The van der Waals surface area contributed by atoms with Gasteiger partial charge in [0.2, 0.25) is 11.8 Å². The average Bonchev–Trinajstić information content (AvgIpc) is 2.59. The molecule has 0 spiro atoms. The summed E-state index contributed by atoms with van der Waals surface area (Å²) in [6, 6.07) is 9.74. The lowest BCUT2D eigenvalue weighted by molar-refractivity contribution is -0.149. The van der Waals surface area contributed by atoms with Crippen molar-refractivity contribution in [2.24, 2.45) is 0 Å². The van der Waals surface area contributed by atoms with Crippen LogP contribution >= 0.6 is 0 Å². The predicted molar refractivity (Wildman–Crippen MR) is 85.5 cm³/mol. The second-order valence-electron chi connectivity index (χ2n) is 6.04. The molecule has 0 aliphatic carbocycles. The van der Waals surface area contributed by atoms with Gasteiger partial charge in [-0.05, 0) is 17.7 Å². The third-order valence-corrected chi connectivity index (χ3v) is 4.63. The topological polar surface area (TPSA) is 65.5 Å². The lowest BCUT2D eigenvalue weighted by Gasteiger charge is -2.43. The standard InChI is InChI=1S/C17H18N4O2/c22-16-9-19-17(23)15-11-20(7-8-21(15)16)10-12-5-6-18-14-4-2-1-3-13(12)14/h1-6,15H,7-11H2,(H,19,23). The number of piperazine rings is 2. The fourth-order valence-electron chi connectivity index (χ4n) is 3.42. The summed E-state index contributed by atoms with van der Waals surface area (Å²) >= 11 is 0. The molecule has 2 aliphatic heterocycles. The van der Waals surface area contributed by atoms with Gasteiger partial charge < -0.3 is 10.2 Å². The van der Waals surface area contributed by atoms with Crippen molar-refractivity contribution in [1.29, 1.82) is 0 Å². The van der Waals surface area contributed by atoms with Crippen LogP contribution in [0.5, 0.6) is 0 Å². The number of nitrogens with one attached hydrogen (secondary N) is 1. The number of benzene rings is 1. The van der Waals surface area contributed by atoms with Crippen LogP contribution in [0.2, 0.25) is 0 Å². The Balaban J connectivity index is 1.55. The Labute approximate surface area is 134 Å². The zero-order chi connectivity index (χ0) is 15.8. The second kappa shape index (κ2) is 5.62. The summed E-state index contributed by atoms with van der Waals surface area (Å²) in [5.41, 5.74) is 2.18. The number of carbonyl (C=O) groups is 2. The van der Waals surface area contributed by atoms with E-state index in [-0.39, 0.29) is 24.4 Å². The van der Waals surface area contributed by atoms with E-state index in [4.69, 9.17) is 0 Å². The van der Waals surface area contributed by atoms with Gasteiger partial charge >= 0.3 is 0 Å². The highest BCUT2D eigenvalue weighted by Gasteiger charge is 2.38. The molecule has 1 aromatic heterocycles. The summed E-state index contributed by atoms with van der Waals surface area (Å²) in [6.07, 6.45) is 1.82. The highest BCUT2D eigenvalue weighted by atomic mass is 16.2. The molecule has 2 aliphatic rings. The van der Waals surface area contributed by atoms with Crippen LogP contribution in [0.1, 0.15) is 5.56 Å². The fourth-order valence-corrected chi connectivity index (χ4v) is 3.42. The SMILES string of the molecule is O=C1NCC(=O)N2CCN(Cc3ccnc4ccccc34)CC12. The Morgan fingerprint density at radius 1 is 1.17 bits per heavy atom. The Morgan fingerprint density at radius 3 is 2.96 bits per heavy atom. The van der Waals surface area contributed by atoms with Crippen molar-refractivity contribution >= 4 is 22.7 Å². The van der Waals surface area contributed by atoms with Gasteiger partial charge in [-0.25, -0.2) is 0 Å². The minimum atomic E-state index is -0.363. The summed E-state index contributed by atoms with van der Waals surface area (Å²) in [5, 5.41) is 3.82. The third-order valence-electron chi connectivity index (χ3n) is 4.63. The number of carbonyl (C=O) groups excluding carboxylic acids is 2. The first-order chi connectivity index (χ1) is 11.2. The number of pyridine rings is 1. The number of hydrogen-bond donors (Lipinski definition) is 1. The summed E-state index contributed by atoms with van der Waals surface area (Å²) in [7, 11) is 0. The van der Waals surface area contributed by atoms with E-state index in [2.05, 4.69) is 21.3 Å². The molecule has 1 unspecified atom stereocenters. The Kier molecular flexibility index (Phi) is 3.46. The molecule has 6 heteroatoms. The zero-order valence-electron chi connectivity index (χ0n) is 12.7. The van der Waals surface area contributed by atoms with Gasteiger partial charge in [0.1, 0.15) is 6.04 Å². The van der Waals surface area contributed by atoms with Crippen LogP contribution in [0, 0.1) is 0 Å². The molecule has 1 atom stereocenters. The molecule has 0 bridgehead atoms. The summed E-state index contributed by atoms with van der Waals surface area (Å²) in [6.45, 7) is 2.86. The van der Waals surface area contributed by atoms with Crippen LogP contribution in [0.3, 0.4) is 0 Å². The van der Waals surface area contributed by atoms with Crippen LogP contribution in [-0.4, -0.2) is 58.8 Å². The van der Waals surface area contributed by atoms with Crippen molar-refractivity contribution in [1.82, 2.24) is 20.1 Å². The molecule has 3 heterocycles. The molecule has 2 fully saturated rings. The van der Waals surface area contributed by atoms with E-state index >= 15 is 0 Å². The van der Waals surface area contributed by atoms with E-state index < -0.39 is 0 Å². The van der Waals surface area contributed by atoms with Gasteiger partial charge in [-0.15, -0.1) is 0 Å². The zero-order valence-corrected chi connectivity index (χ0v) is 12.7. The van der Waals surface area contributed by atoms with Crippen LogP contribution in [0.15, 0.2) is 36.5 Å². The molecule has 6 nitrogen and oxygen atoms in total. The van der Waals surface area contributed by atoms with E-state index in [0.717, 1.165) is 24.0 Å². The maximum absolute atomic E-state index is 12.0. The molecule has 118 valence electrons. The molecule has 23 heavy (non-hydrogen) atoms. The lowest BCUT2D eigenvalue weighted by Crippen LogP contribution is -2.65. The lowest BCUT2D eigenvalue weighted by atomic mass is 10.1. The minimum Gasteiger partial charge on any atom is -0.345 e. The van der Waals surface area contributed by atoms with Gasteiger partial charge in [0.05, 0.1) is 12.1 Å². The minimum absolute atomic E-state index is 0.0172. The Morgan fingerprint density at radius 2 is 2.04 bits per heavy atom. The third kappa shape index (κ3) is 2.55. The first-order valence-corrected chi connectivity index (χ1v) is 7.84. The van der Waals surface area contributed by atoms with Crippen LogP contribution in [0.4, 0.5) is 0 Å². The molecule has 2 amide bonds. The molecule has 0 saturated carbocycles. The number of rotatable bonds is 2. The first-order valence-electron chi connectivity index (χ1n) is 7.84. The normalized spacial score (nSPS) is 22.1. The van der Waals surface area contributed by atoms with Crippen molar-refractivity contribution in [3.63, 3.8) is 0 Å². The van der Waals surface area contributed by atoms with Gasteiger partial charge in [-0.3, -0.25) is 19.5 Å². The van der Waals surface area contributed by atoms with Crippen molar-refractivity contribution in [2.45, 2.75) is 12.6 Å². The highest BCUT2D eigenvalue weighted by Crippen LogP contribution is 2.20. The molecule has 1 aromatic carbocycles. The smallest absolute Gasteiger partial charge is 0.244 e. The predicted octanol–water partition coefficient (Wildman–Crippen LogP) is 0.377. The number of para-hydroxylation sites is 1. The maximum Gasteiger partial charge on any atom is 0.244 e. The fraction of sp³-hybridized carbons (Fsp3) is 0.353. The summed E-state index contributed by atoms with van der Waals surface area (Å²) < 4.78 is 0. The van der Waals surface area contributed by atoms with Gasteiger partial charge in [-0.2, -0.15) is 0 Å². The summed E-state index contributed by atoms with van der Waals surface area (Å²) in [5.74, 6) is -0.0301. The van der Waals surface area contributed by atoms with Gasteiger partial charge in [-0.1, -0.05) is 18.2 Å². The summed E-state index contributed by atoms with van der Waals surface area (Å²) in [4.78, 5) is 32.3. The number of nitrogens with zero attached hydrogens (tertiary/aromatic N) is 3. The van der Waals surface area contributed by atoms with E-state index in [0.29, 0.717) is 13.1 Å². The quantitative estimate of drug-likeness (QED) is 0.871. The average molecular weight is 310 g/mol. The molecular formula is C17H18N4O2. The molecule has 0 radical (unpaired) electrons. The van der Waals surface area contributed by atoms with Gasteiger partial charge in [0, 0.05) is 37.8 Å². The molecule has 2 aromatic rings. The van der Waals surface area contributed by atoms with Gasteiger partial charge in [0.25, 0.3) is 0 Å². The van der Waals surface area contributed by atoms with E-state index in [1.54, 1.807) is 4.90 Å². The van der Waals surface area contributed by atoms with Crippen molar-refractivity contribution in [3.05, 3.63) is 42.1 Å². The van der Waals surface area contributed by atoms with E-state index in [1.807, 2.05) is 30.5 Å². The van der Waals surface area contributed by atoms with E-state index in [1.165, 1.54) is 5.56 Å². The van der Waals surface area contributed by atoms with Crippen LogP contribution in [0.25, 0.3) is 10.9 Å². The van der Waals surface area contributed by atoms with Crippen LogP contribution < -0.4 is 5.32 Å². The largest absolute Gasteiger partial charge is 0.345 e. The number of hydrogen-bond acceptors (Lipinski definition) is 4. The van der Waals surface area contributed by atoms with Crippen molar-refractivity contribution in [3.8, 4) is 0 Å². The molecular weight excluding hydrogens is 292 g/mol. The second-order valence-corrected chi connectivity index (χ2v) is 6.04. The monoisotopic (exact) mass is 310 g/mol. The van der Waals surface area contributed by atoms with Crippen molar-refractivity contribution < 1.29 is 9.59 Å². The molecule has 1 N–H and O–H groups in total. The highest BCUT2D eigenvalue weighted by molar-refractivity contribution is 5.95. The molecule has 2 saturated heterocycles. The van der Waals surface area contributed by atoms with Crippen LogP contribution in [-0.2, 0) is 16.1 Å². The number of amides is 2.